The maximum Gasteiger partial charge on any atom is 0.261 e. The molecular weight excluding hydrogens is 396 g/mol. The number of anilines is 1. The molecule has 2 aromatic carbocycles. The second kappa shape index (κ2) is 8.90. The fourth-order valence-electron chi connectivity index (χ4n) is 2.53. The van der Waals surface area contributed by atoms with Crippen molar-refractivity contribution in [1.29, 1.82) is 0 Å². The van der Waals surface area contributed by atoms with Crippen LogP contribution in [0.4, 0.5) is 5.69 Å². The van der Waals surface area contributed by atoms with Gasteiger partial charge in [-0.2, -0.15) is 11.3 Å². The molecule has 0 atom stereocenters. The summed E-state index contributed by atoms with van der Waals surface area (Å²) in [5.41, 5.74) is 1.86. The van der Waals surface area contributed by atoms with E-state index in [0.717, 1.165) is 12.0 Å². The van der Waals surface area contributed by atoms with Crippen LogP contribution in [0.3, 0.4) is 0 Å². The first kappa shape index (κ1) is 19.9. The molecule has 3 aromatic rings. The molecule has 8 heteroatoms. The number of rotatable bonds is 8. The van der Waals surface area contributed by atoms with Gasteiger partial charge in [0.15, 0.2) is 0 Å². The van der Waals surface area contributed by atoms with Gasteiger partial charge in [0.05, 0.1) is 12.0 Å². The first-order valence-corrected chi connectivity index (χ1v) is 11.0. The van der Waals surface area contributed by atoms with Gasteiger partial charge >= 0.3 is 0 Å². The van der Waals surface area contributed by atoms with E-state index in [4.69, 9.17) is 4.74 Å². The van der Waals surface area contributed by atoms with Crippen LogP contribution in [0.2, 0.25) is 0 Å². The summed E-state index contributed by atoms with van der Waals surface area (Å²) in [6, 6.07) is 14.5. The summed E-state index contributed by atoms with van der Waals surface area (Å²) in [6.07, 6.45) is 0.728. The molecule has 0 aliphatic carbocycles. The fourth-order valence-corrected chi connectivity index (χ4v) is 4.34. The monoisotopic (exact) mass is 416 g/mol. The van der Waals surface area contributed by atoms with Gasteiger partial charge in [0.1, 0.15) is 5.75 Å². The van der Waals surface area contributed by atoms with E-state index in [0.29, 0.717) is 23.5 Å². The minimum absolute atomic E-state index is 0.0220. The number of carbonyl (C=O) groups excluding carboxylic acids is 1. The highest BCUT2D eigenvalue weighted by Crippen LogP contribution is 2.20. The van der Waals surface area contributed by atoms with E-state index < -0.39 is 10.0 Å². The number of methoxy groups -OCH3 is 1. The lowest BCUT2D eigenvalue weighted by molar-refractivity contribution is 0.0954. The van der Waals surface area contributed by atoms with Crippen molar-refractivity contribution in [3.05, 3.63) is 76.5 Å². The normalized spacial score (nSPS) is 11.0. The van der Waals surface area contributed by atoms with E-state index in [-0.39, 0.29) is 10.8 Å². The zero-order chi connectivity index (χ0) is 20.0. The average Bonchev–Trinajstić information content (AvgIpc) is 3.22. The van der Waals surface area contributed by atoms with Crippen LogP contribution in [0.5, 0.6) is 5.75 Å². The third-order valence-corrected chi connectivity index (χ3v) is 6.14. The molecule has 0 unspecified atom stereocenters. The molecule has 28 heavy (non-hydrogen) atoms. The van der Waals surface area contributed by atoms with Gasteiger partial charge in [0.2, 0.25) is 0 Å². The number of benzene rings is 2. The second-order valence-electron chi connectivity index (χ2n) is 6.00. The van der Waals surface area contributed by atoms with Crippen molar-refractivity contribution in [2.45, 2.75) is 11.3 Å². The summed E-state index contributed by atoms with van der Waals surface area (Å²) in [6.45, 7) is 0.483. The third kappa shape index (κ3) is 5.11. The van der Waals surface area contributed by atoms with E-state index in [1.165, 1.54) is 19.2 Å². The van der Waals surface area contributed by atoms with Crippen LogP contribution in [0.25, 0.3) is 0 Å². The maximum atomic E-state index is 12.6. The Morgan fingerprint density at radius 3 is 2.57 bits per heavy atom. The molecule has 1 aromatic heterocycles. The first-order valence-electron chi connectivity index (χ1n) is 8.54. The number of nitrogens with one attached hydrogen (secondary N) is 2. The predicted molar refractivity (Wildman–Crippen MR) is 111 cm³/mol. The molecule has 0 saturated carbocycles. The van der Waals surface area contributed by atoms with Crippen LogP contribution in [0, 0.1) is 0 Å². The van der Waals surface area contributed by atoms with Crippen molar-refractivity contribution in [3.63, 3.8) is 0 Å². The van der Waals surface area contributed by atoms with Gasteiger partial charge in [-0.05, 0) is 71.3 Å². The number of hydrogen-bond donors (Lipinski definition) is 2. The highest BCUT2D eigenvalue weighted by Gasteiger charge is 2.16. The zero-order valence-electron chi connectivity index (χ0n) is 15.2. The Morgan fingerprint density at radius 2 is 1.89 bits per heavy atom. The summed E-state index contributed by atoms with van der Waals surface area (Å²) >= 11 is 1.61. The van der Waals surface area contributed by atoms with Crippen LogP contribution >= 0.6 is 11.3 Å². The summed E-state index contributed by atoms with van der Waals surface area (Å²) in [7, 11) is -2.28. The minimum Gasteiger partial charge on any atom is -0.497 e. The highest BCUT2D eigenvalue weighted by molar-refractivity contribution is 7.92. The minimum atomic E-state index is -3.81. The number of thiophene rings is 1. The van der Waals surface area contributed by atoms with Crippen LogP contribution in [-0.4, -0.2) is 28.0 Å². The van der Waals surface area contributed by atoms with Crippen molar-refractivity contribution in [1.82, 2.24) is 5.32 Å². The quantitative estimate of drug-likeness (QED) is 0.588. The summed E-state index contributed by atoms with van der Waals surface area (Å²) in [4.78, 5) is 12.4. The Balaban J connectivity index is 1.67. The zero-order valence-corrected chi connectivity index (χ0v) is 16.8. The molecule has 6 nitrogen and oxygen atoms in total. The molecular formula is C20H20N2O4S2. The Bertz CT molecular complexity index is 1030. The number of carbonyl (C=O) groups is 1. The molecule has 0 radical (unpaired) electrons. The molecule has 146 valence electrons. The summed E-state index contributed by atoms with van der Waals surface area (Å²) < 4.78 is 32.8. The van der Waals surface area contributed by atoms with E-state index in [9.17, 15) is 13.2 Å². The Kier molecular flexibility index (Phi) is 6.33. The number of sulfonamides is 1. The van der Waals surface area contributed by atoms with Crippen molar-refractivity contribution < 1.29 is 17.9 Å². The Hall–Kier alpha value is -2.84. The second-order valence-corrected chi connectivity index (χ2v) is 8.46. The molecule has 0 saturated heterocycles. The lowest BCUT2D eigenvalue weighted by Gasteiger charge is -2.10. The molecule has 0 fully saturated rings. The van der Waals surface area contributed by atoms with Crippen LogP contribution in [0.15, 0.2) is 70.3 Å². The third-order valence-electron chi connectivity index (χ3n) is 4.03. The fraction of sp³-hybridized carbons (Fsp3) is 0.150. The molecule has 1 amide bonds. The van der Waals surface area contributed by atoms with Gasteiger partial charge in [-0.25, -0.2) is 8.42 Å². The maximum absolute atomic E-state index is 12.6. The van der Waals surface area contributed by atoms with Crippen LogP contribution in [-0.2, 0) is 16.4 Å². The van der Waals surface area contributed by atoms with Crippen molar-refractivity contribution in [3.8, 4) is 5.75 Å². The Labute approximate surface area is 168 Å². The number of amides is 1. The molecule has 1 heterocycles. The van der Waals surface area contributed by atoms with E-state index in [1.54, 1.807) is 47.7 Å². The average molecular weight is 417 g/mol. The molecule has 0 bridgehead atoms. The van der Waals surface area contributed by atoms with Crippen molar-refractivity contribution in [2.75, 3.05) is 18.4 Å². The standard InChI is InChI=1S/C20H20N2O4S2/c1-26-18-7-5-17(6-8-18)22-28(24,25)19-4-2-3-16(13-19)20(23)21-11-9-15-10-12-27-14-15/h2-8,10,12-14,22H,9,11H2,1H3,(H,21,23). The number of ether oxygens (including phenoxy) is 1. The molecule has 0 aliphatic heterocycles. The SMILES string of the molecule is COc1ccc(NS(=O)(=O)c2cccc(C(=O)NCCc3ccsc3)c2)cc1. The molecule has 2 N–H and O–H groups in total. The van der Waals surface area contributed by atoms with Crippen LogP contribution in [0.1, 0.15) is 15.9 Å². The van der Waals surface area contributed by atoms with Crippen LogP contribution < -0.4 is 14.8 Å². The summed E-state index contributed by atoms with van der Waals surface area (Å²) in [5.74, 6) is 0.320. The van der Waals surface area contributed by atoms with E-state index in [1.807, 2.05) is 16.8 Å². The number of hydrogen-bond acceptors (Lipinski definition) is 5. The largest absolute Gasteiger partial charge is 0.497 e. The van der Waals surface area contributed by atoms with Crippen molar-refractivity contribution in [2.24, 2.45) is 0 Å². The van der Waals surface area contributed by atoms with Gasteiger partial charge in [-0.3, -0.25) is 9.52 Å². The predicted octanol–water partition coefficient (Wildman–Crippen LogP) is 3.53. The molecule has 0 spiro atoms. The lowest BCUT2D eigenvalue weighted by atomic mass is 10.2. The highest BCUT2D eigenvalue weighted by atomic mass is 32.2. The smallest absolute Gasteiger partial charge is 0.261 e. The van der Waals surface area contributed by atoms with Crippen molar-refractivity contribution >= 4 is 33.0 Å². The van der Waals surface area contributed by atoms with Gasteiger partial charge in [0, 0.05) is 17.8 Å². The van der Waals surface area contributed by atoms with Gasteiger partial charge in [-0.1, -0.05) is 6.07 Å². The van der Waals surface area contributed by atoms with Gasteiger partial charge in [-0.15, -0.1) is 0 Å². The van der Waals surface area contributed by atoms with E-state index in [2.05, 4.69) is 10.0 Å². The van der Waals surface area contributed by atoms with Gasteiger partial charge in [0.25, 0.3) is 15.9 Å². The molecule has 0 aliphatic rings. The Morgan fingerprint density at radius 1 is 1.11 bits per heavy atom. The summed E-state index contributed by atoms with van der Waals surface area (Å²) in [5, 5.41) is 6.83. The topological polar surface area (TPSA) is 84.5 Å². The van der Waals surface area contributed by atoms with Gasteiger partial charge < -0.3 is 10.1 Å². The lowest BCUT2D eigenvalue weighted by Crippen LogP contribution is -2.26. The first-order chi connectivity index (χ1) is 13.5. The molecule has 3 rings (SSSR count). The van der Waals surface area contributed by atoms with E-state index >= 15 is 0 Å².